The lowest BCUT2D eigenvalue weighted by Crippen LogP contribution is -2.18. The van der Waals surface area contributed by atoms with Crippen molar-refractivity contribution in [2.75, 3.05) is 24.7 Å². The molecule has 0 saturated carbocycles. The van der Waals surface area contributed by atoms with Crippen LogP contribution in [0, 0.1) is 0 Å². The summed E-state index contributed by atoms with van der Waals surface area (Å²) >= 11 is 0. The number of nitrogens with two attached hydrogens (primary N) is 1. The number of hydrogen-bond donors (Lipinski definition) is 2. The van der Waals surface area contributed by atoms with E-state index in [1.165, 1.54) is 0 Å². The molecule has 80 valence electrons. The van der Waals surface area contributed by atoms with Gasteiger partial charge in [0.05, 0.1) is 11.5 Å². The van der Waals surface area contributed by atoms with Crippen LogP contribution < -0.4 is 5.73 Å². The first-order chi connectivity index (χ1) is 6.12. The van der Waals surface area contributed by atoms with E-state index < -0.39 is 9.84 Å². The normalized spacial score (nSPS) is 11.8. The van der Waals surface area contributed by atoms with Crippen molar-refractivity contribution in [2.24, 2.45) is 5.73 Å². The molecule has 13 heavy (non-hydrogen) atoms. The molecule has 0 rings (SSSR count). The summed E-state index contributed by atoms with van der Waals surface area (Å²) in [5, 5.41) is 8.47. The molecule has 5 heteroatoms. The number of aliphatic hydroxyl groups is 1. The Labute approximate surface area is 80.1 Å². The molecule has 4 nitrogen and oxygen atoms in total. The van der Waals surface area contributed by atoms with Crippen LogP contribution in [0.25, 0.3) is 0 Å². The van der Waals surface area contributed by atoms with Gasteiger partial charge in [0.1, 0.15) is 0 Å². The SMILES string of the molecule is NCCS(=O)(=O)CCCCCCO. The molecule has 0 unspecified atom stereocenters. The third-order valence-electron chi connectivity index (χ3n) is 1.79. The Morgan fingerprint density at radius 3 is 2.15 bits per heavy atom. The highest BCUT2D eigenvalue weighted by molar-refractivity contribution is 7.91. The molecule has 0 saturated heterocycles. The van der Waals surface area contributed by atoms with Crippen LogP contribution in [0.2, 0.25) is 0 Å². The van der Waals surface area contributed by atoms with Crippen molar-refractivity contribution in [1.29, 1.82) is 0 Å². The van der Waals surface area contributed by atoms with Gasteiger partial charge in [0.15, 0.2) is 9.84 Å². The van der Waals surface area contributed by atoms with Crippen molar-refractivity contribution < 1.29 is 13.5 Å². The van der Waals surface area contributed by atoms with Gasteiger partial charge in [0, 0.05) is 13.2 Å². The Balaban J connectivity index is 3.41. The molecular formula is C8H19NO3S. The van der Waals surface area contributed by atoms with E-state index in [2.05, 4.69) is 0 Å². The lowest BCUT2D eigenvalue weighted by atomic mass is 10.2. The Hall–Kier alpha value is -0.130. The van der Waals surface area contributed by atoms with Crippen LogP contribution in [0.1, 0.15) is 25.7 Å². The van der Waals surface area contributed by atoms with Crippen molar-refractivity contribution in [3.05, 3.63) is 0 Å². The maximum absolute atomic E-state index is 11.1. The molecule has 0 radical (unpaired) electrons. The van der Waals surface area contributed by atoms with Crippen LogP contribution in [-0.2, 0) is 9.84 Å². The topological polar surface area (TPSA) is 80.4 Å². The minimum atomic E-state index is -2.91. The quantitative estimate of drug-likeness (QED) is 0.548. The Bertz CT molecular complexity index is 201. The minimum absolute atomic E-state index is 0.0903. The number of hydrogen-bond acceptors (Lipinski definition) is 4. The summed E-state index contributed by atoms with van der Waals surface area (Å²) < 4.78 is 22.3. The highest BCUT2D eigenvalue weighted by Crippen LogP contribution is 2.02. The molecule has 0 aromatic rings. The van der Waals surface area contributed by atoms with E-state index in [0.29, 0.717) is 6.42 Å². The summed E-state index contributed by atoms with van der Waals surface area (Å²) in [7, 11) is -2.91. The number of unbranched alkanes of at least 4 members (excludes halogenated alkanes) is 3. The van der Waals surface area contributed by atoms with Gasteiger partial charge in [0.2, 0.25) is 0 Å². The fourth-order valence-corrected chi connectivity index (χ4v) is 2.28. The van der Waals surface area contributed by atoms with Gasteiger partial charge in [-0.2, -0.15) is 0 Å². The second-order valence-corrected chi connectivity index (χ2v) is 5.38. The van der Waals surface area contributed by atoms with E-state index in [1.54, 1.807) is 0 Å². The largest absolute Gasteiger partial charge is 0.396 e. The van der Waals surface area contributed by atoms with Crippen LogP contribution in [0.5, 0.6) is 0 Å². The molecule has 0 aliphatic heterocycles. The standard InChI is InChI=1S/C8H19NO3S/c9-5-8-13(11,12)7-4-2-1-3-6-10/h10H,1-9H2. The molecule has 0 fully saturated rings. The van der Waals surface area contributed by atoms with Gasteiger partial charge < -0.3 is 10.8 Å². The zero-order chi connectivity index (χ0) is 10.2. The summed E-state index contributed by atoms with van der Waals surface area (Å²) in [5.74, 6) is 0.322. The third-order valence-corrected chi connectivity index (χ3v) is 3.56. The van der Waals surface area contributed by atoms with Crippen LogP contribution in [0.3, 0.4) is 0 Å². The van der Waals surface area contributed by atoms with Crippen molar-refractivity contribution in [3.63, 3.8) is 0 Å². The fourth-order valence-electron chi connectivity index (χ4n) is 1.07. The molecule has 0 aromatic heterocycles. The highest BCUT2D eigenvalue weighted by Gasteiger charge is 2.07. The Morgan fingerprint density at radius 2 is 1.62 bits per heavy atom. The van der Waals surface area contributed by atoms with Crippen LogP contribution in [-0.4, -0.2) is 38.2 Å². The van der Waals surface area contributed by atoms with Crippen LogP contribution in [0.4, 0.5) is 0 Å². The molecule has 0 aliphatic carbocycles. The lowest BCUT2D eigenvalue weighted by Gasteiger charge is -2.01. The lowest BCUT2D eigenvalue weighted by molar-refractivity contribution is 0.283. The van der Waals surface area contributed by atoms with Gasteiger partial charge in [-0.1, -0.05) is 12.8 Å². The Kier molecular flexibility index (Phi) is 7.22. The van der Waals surface area contributed by atoms with Crippen molar-refractivity contribution in [3.8, 4) is 0 Å². The maximum Gasteiger partial charge on any atom is 0.151 e. The predicted octanol–water partition coefficient (Wildman–Crippen LogP) is -0.0874. The fraction of sp³-hybridized carbons (Fsp3) is 1.00. The van der Waals surface area contributed by atoms with Gasteiger partial charge in [0.25, 0.3) is 0 Å². The average molecular weight is 209 g/mol. The van der Waals surface area contributed by atoms with E-state index in [0.717, 1.165) is 19.3 Å². The van der Waals surface area contributed by atoms with Crippen LogP contribution >= 0.6 is 0 Å². The zero-order valence-electron chi connectivity index (χ0n) is 7.91. The third kappa shape index (κ3) is 8.21. The number of aliphatic hydroxyl groups excluding tert-OH is 1. The van der Waals surface area contributed by atoms with E-state index >= 15 is 0 Å². The van der Waals surface area contributed by atoms with Crippen LogP contribution in [0.15, 0.2) is 0 Å². The second kappa shape index (κ2) is 7.29. The molecular weight excluding hydrogens is 190 g/mol. The molecule has 0 spiro atoms. The monoisotopic (exact) mass is 209 g/mol. The van der Waals surface area contributed by atoms with Crippen molar-refractivity contribution >= 4 is 9.84 Å². The molecule has 0 bridgehead atoms. The summed E-state index contributed by atoms with van der Waals surface area (Å²) in [6, 6.07) is 0. The smallest absolute Gasteiger partial charge is 0.151 e. The van der Waals surface area contributed by atoms with Gasteiger partial charge >= 0.3 is 0 Å². The molecule has 0 aliphatic rings. The van der Waals surface area contributed by atoms with Crippen molar-refractivity contribution in [2.45, 2.75) is 25.7 Å². The molecule has 0 heterocycles. The first-order valence-electron chi connectivity index (χ1n) is 4.64. The number of sulfone groups is 1. The van der Waals surface area contributed by atoms with E-state index in [1.807, 2.05) is 0 Å². The summed E-state index contributed by atoms with van der Waals surface area (Å²) in [6.07, 6.45) is 3.21. The van der Waals surface area contributed by atoms with E-state index in [-0.39, 0.29) is 24.7 Å². The first-order valence-corrected chi connectivity index (χ1v) is 6.46. The predicted molar refractivity (Wildman–Crippen MR) is 53.3 cm³/mol. The molecule has 0 atom stereocenters. The second-order valence-electron chi connectivity index (χ2n) is 3.08. The molecule has 0 aromatic carbocycles. The van der Waals surface area contributed by atoms with Gasteiger partial charge in [-0.25, -0.2) is 8.42 Å². The summed E-state index contributed by atoms with van der Waals surface area (Å²) in [6.45, 7) is 0.397. The molecule has 3 N–H and O–H groups in total. The first kappa shape index (κ1) is 12.9. The number of rotatable bonds is 8. The van der Waals surface area contributed by atoms with E-state index in [9.17, 15) is 8.42 Å². The molecule has 0 amide bonds. The Morgan fingerprint density at radius 1 is 1.00 bits per heavy atom. The highest BCUT2D eigenvalue weighted by atomic mass is 32.2. The van der Waals surface area contributed by atoms with E-state index in [4.69, 9.17) is 10.8 Å². The maximum atomic E-state index is 11.1. The summed E-state index contributed by atoms with van der Waals surface area (Å²) in [5.41, 5.74) is 5.15. The van der Waals surface area contributed by atoms with Crippen molar-refractivity contribution in [1.82, 2.24) is 0 Å². The summed E-state index contributed by atoms with van der Waals surface area (Å²) in [4.78, 5) is 0. The average Bonchev–Trinajstić information content (AvgIpc) is 2.04. The minimum Gasteiger partial charge on any atom is -0.396 e. The zero-order valence-corrected chi connectivity index (χ0v) is 8.72. The van der Waals surface area contributed by atoms with Gasteiger partial charge in [-0.3, -0.25) is 0 Å². The van der Waals surface area contributed by atoms with Gasteiger partial charge in [-0.15, -0.1) is 0 Å². The van der Waals surface area contributed by atoms with Gasteiger partial charge in [-0.05, 0) is 12.8 Å².